The first-order valence-electron chi connectivity index (χ1n) is 4.73. The third kappa shape index (κ3) is 1.16. The molecule has 0 fully saturated rings. The van der Waals surface area contributed by atoms with E-state index in [9.17, 15) is 0 Å². The third-order valence-corrected chi connectivity index (χ3v) is 3.76. The van der Waals surface area contributed by atoms with E-state index >= 15 is 0 Å². The Hall–Kier alpha value is -1.78. The number of hydrogen-bond acceptors (Lipinski definition) is 1. The topological polar surface area (TPSA) is 0 Å². The van der Waals surface area contributed by atoms with Gasteiger partial charge in [0, 0.05) is 21.0 Å². The molecule has 69 valence electrons. The lowest BCUT2D eigenvalue weighted by Gasteiger charge is -1.92. The molecule has 0 saturated heterocycles. The van der Waals surface area contributed by atoms with Crippen LogP contribution >= 0.6 is 11.3 Å². The van der Waals surface area contributed by atoms with Gasteiger partial charge in [-0.05, 0) is 18.6 Å². The van der Waals surface area contributed by atoms with Crippen molar-refractivity contribution < 1.29 is 0 Å². The van der Waals surface area contributed by atoms with Gasteiger partial charge in [-0.25, -0.2) is 0 Å². The summed E-state index contributed by atoms with van der Waals surface area (Å²) in [5.41, 5.74) is 0.883. The van der Waals surface area contributed by atoms with Crippen molar-refractivity contribution in [3.63, 3.8) is 0 Å². The van der Waals surface area contributed by atoms with Gasteiger partial charge in [-0.3, -0.25) is 0 Å². The average molecular weight is 207 g/mol. The molecule has 3 aromatic rings. The van der Waals surface area contributed by atoms with Crippen LogP contribution in [0, 0.1) is 12.3 Å². The lowest BCUT2D eigenvalue weighted by atomic mass is 10.1. The largest absolute Gasteiger partial charge is 0.134 e. The summed E-state index contributed by atoms with van der Waals surface area (Å²) in [7, 11) is 0. The predicted octanol–water partition coefficient (Wildman–Crippen LogP) is 3.99. The van der Waals surface area contributed by atoms with Crippen LogP contribution in [-0.4, -0.2) is 0 Å². The van der Waals surface area contributed by atoms with Crippen LogP contribution in [0.1, 0.15) is 5.56 Å². The number of benzene rings is 2. The lowest BCUT2D eigenvalue weighted by Crippen LogP contribution is -1.72. The Morgan fingerprint density at radius 1 is 0.933 bits per heavy atom. The van der Waals surface area contributed by atoms with Gasteiger partial charge in [0.05, 0.1) is 4.70 Å². The summed E-state index contributed by atoms with van der Waals surface area (Å²) in [5.74, 6) is 2.49. The summed E-state index contributed by atoms with van der Waals surface area (Å²) in [5, 5.41) is 2.50. The summed E-state index contributed by atoms with van der Waals surface area (Å²) in [6.07, 6.45) is 7.26. The molecule has 0 nitrogen and oxygen atoms in total. The predicted molar refractivity (Wildman–Crippen MR) is 65.6 cm³/mol. The summed E-state index contributed by atoms with van der Waals surface area (Å²) >= 11 is 1.73. The molecular weight excluding hydrogens is 200 g/mol. The van der Waals surface area contributed by atoms with E-state index in [4.69, 9.17) is 6.42 Å². The van der Waals surface area contributed by atoms with Crippen molar-refractivity contribution in [1.29, 1.82) is 0 Å². The Kier molecular flexibility index (Phi) is 1.77. The lowest BCUT2D eigenvalue weighted by molar-refractivity contribution is 1.78. The van der Waals surface area contributed by atoms with Crippen molar-refractivity contribution in [2.45, 2.75) is 0 Å². The van der Waals surface area contributed by atoms with Crippen molar-refractivity contribution in [2.24, 2.45) is 0 Å². The first-order chi connectivity index (χ1) is 7.40. The summed E-state index contributed by atoms with van der Waals surface area (Å²) in [6, 6.07) is 14.4. The van der Waals surface area contributed by atoms with Crippen LogP contribution in [0.5, 0.6) is 0 Å². The minimum absolute atomic E-state index is 0.883. The molecule has 0 aliphatic rings. The molecule has 1 heterocycles. The maximum Gasteiger partial charge on any atom is 0.0512 e. The molecular formula is C14H7S. The second-order valence-corrected chi connectivity index (χ2v) is 4.46. The Morgan fingerprint density at radius 3 is 2.60 bits per heavy atom. The molecule has 0 bridgehead atoms. The monoisotopic (exact) mass is 207 g/mol. The smallest absolute Gasteiger partial charge is 0.0512 e. The van der Waals surface area contributed by atoms with Gasteiger partial charge in [0.15, 0.2) is 0 Å². The Morgan fingerprint density at radius 2 is 1.73 bits per heavy atom. The maximum absolute atomic E-state index is 7.26. The van der Waals surface area contributed by atoms with Crippen LogP contribution in [0.15, 0.2) is 42.5 Å². The zero-order valence-electron chi connectivity index (χ0n) is 7.95. The van der Waals surface area contributed by atoms with Crippen molar-refractivity contribution in [1.82, 2.24) is 0 Å². The molecule has 2 aromatic carbocycles. The molecule has 15 heavy (non-hydrogen) atoms. The van der Waals surface area contributed by atoms with E-state index in [2.05, 4.69) is 30.2 Å². The SMILES string of the molecule is [C]#Cc1cccc2c1sc1ccccc12. The van der Waals surface area contributed by atoms with E-state index in [1.54, 1.807) is 11.3 Å². The highest BCUT2D eigenvalue weighted by molar-refractivity contribution is 7.26. The molecule has 0 N–H and O–H groups in total. The average Bonchev–Trinajstić information content (AvgIpc) is 2.67. The van der Waals surface area contributed by atoms with Gasteiger partial charge in [-0.2, -0.15) is 0 Å². The number of hydrogen-bond donors (Lipinski definition) is 0. The quantitative estimate of drug-likeness (QED) is 0.489. The summed E-state index contributed by atoms with van der Waals surface area (Å²) in [4.78, 5) is 0. The van der Waals surface area contributed by atoms with E-state index in [-0.39, 0.29) is 0 Å². The van der Waals surface area contributed by atoms with Crippen molar-refractivity contribution in [3.05, 3.63) is 54.5 Å². The van der Waals surface area contributed by atoms with Gasteiger partial charge in [0.25, 0.3) is 0 Å². The van der Waals surface area contributed by atoms with Gasteiger partial charge in [-0.1, -0.05) is 36.3 Å². The molecule has 1 aromatic heterocycles. The van der Waals surface area contributed by atoms with Gasteiger partial charge < -0.3 is 0 Å². The van der Waals surface area contributed by atoms with Crippen molar-refractivity contribution in [3.8, 4) is 5.92 Å². The zero-order chi connectivity index (χ0) is 10.3. The molecule has 0 amide bonds. The van der Waals surface area contributed by atoms with Gasteiger partial charge in [-0.15, -0.1) is 11.3 Å². The standard InChI is InChI=1S/C14H7S/c1-2-10-6-5-8-12-11-7-3-4-9-13(11)15-14(10)12/h3-9H. The summed E-state index contributed by atoms with van der Waals surface area (Å²) < 4.78 is 2.43. The van der Waals surface area contributed by atoms with Crippen LogP contribution < -0.4 is 0 Å². The van der Waals surface area contributed by atoms with E-state index < -0.39 is 0 Å². The number of fused-ring (bicyclic) bond motifs is 3. The molecule has 0 atom stereocenters. The molecule has 0 aliphatic carbocycles. The molecule has 1 radical (unpaired) electrons. The van der Waals surface area contributed by atoms with Gasteiger partial charge in [0.1, 0.15) is 0 Å². The minimum atomic E-state index is 0.883. The first-order valence-corrected chi connectivity index (χ1v) is 5.55. The van der Waals surface area contributed by atoms with Crippen molar-refractivity contribution >= 4 is 31.5 Å². The van der Waals surface area contributed by atoms with Crippen LogP contribution in [0.3, 0.4) is 0 Å². The Labute approximate surface area is 92.2 Å². The minimum Gasteiger partial charge on any atom is -0.134 e. The Balaban J connectivity index is 2.61. The van der Waals surface area contributed by atoms with E-state index in [1.165, 1.54) is 15.5 Å². The normalized spacial score (nSPS) is 10.6. The molecule has 0 unspecified atom stereocenters. The maximum atomic E-state index is 7.26. The number of rotatable bonds is 0. The fourth-order valence-electron chi connectivity index (χ4n) is 1.85. The molecule has 1 heteroatoms. The van der Waals surface area contributed by atoms with Crippen molar-refractivity contribution in [2.75, 3.05) is 0 Å². The summed E-state index contributed by atoms with van der Waals surface area (Å²) in [6.45, 7) is 0. The second kappa shape index (κ2) is 3.12. The van der Waals surface area contributed by atoms with Crippen LogP contribution in [-0.2, 0) is 0 Å². The first kappa shape index (κ1) is 8.52. The molecule has 0 saturated carbocycles. The highest BCUT2D eigenvalue weighted by Gasteiger charge is 2.05. The van der Waals surface area contributed by atoms with Crippen LogP contribution in [0.25, 0.3) is 20.2 Å². The zero-order valence-corrected chi connectivity index (χ0v) is 8.77. The van der Waals surface area contributed by atoms with Gasteiger partial charge in [0.2, 0.25) is 0 Å². The van der Waals surface area contributed by atoms with Crippen LogP contribution in [0.4, 0.5) is 0 Å². The Bertz CT molecular complexity index is 683. The third-order valence-electron chi connectivity index (χ3n) is 2.54. The molecule has 0 aliphatic heterocycles. The highest BCUT2D eigenvalue weighted by atomic mass is 32.1. The van der Waals surface area contributed by atoms with Crippen LogP contribution in [0.2, 0.25) is 0 Å². The fraction of sp³-hybridized carbons (Fsp3) is 0. The van der Waals surface area contributed by atoms with E-state index in [0.29, 0.717) is 0 Å². The van der Waals surface area contributed by atoms with E-state index in [1.807, 2.05) is 18.2 Å². The fourth-order valence-corrected chi connectivity index (χ4v) is 3.02. The molecule has 3 rings (SSSR count). The highest BCUT2D eigenvalue weighted by Crippen LogP contribution is 2.35. The van der Waals surface area contributed by atoms with E-state index in [0.717, 1.165) is 10.3 Å². The second-order valence-electron chi connectivity index (χ2n) is 3.41. The van der Waals surface area contributed by atoms with Gasteiger partial charge >= 0.3 is 0 Å². The number of thiophene rings is 1. The molecule has 0 spiro atoms.